The van der Waals surface area contributed by atoms with E-state index >= 15 is 0 Å². The van der Waals surface area contributed by atoms with Gasteiger partial charge in [-0.1, -0.05) is 18.2 Å². The fraction of sp³-hybridized carbons (Fsp3) is 0.188. The third-order valence-corrected chi connectivity index (χ3v) is 6.91. The number of fused-ring (bicyclic) bond motifs is 4. The minimum Gasteiger partial charge on any atom is -0.326 e. The molecule has 9 heteroatoms. The summed E-state index contributed by atoms with van der Waals surface area (Å²) in [7, 11) is -3.65. The van der Waals surface area contributed by atoms with E-state index in [1.54, 1.807) is 18.2 Å². The predicted octanol–water partition coefficient (Wildman–Crippen LogP) is 2.25. The lowest BCUT2D eigenvalue weighted by molar-refractivity contribution is 0.339. The maximum absolute atomic E-state index is 13.1. The second-order valence-electron chi connectivity index (χ2n) is 5.90. The molecule has 2 aromatic carbocycles. The number of aromatic nitrogens is 4. The number of benzene rings is 2. The van der Waals surface area contributed by atoms with Crippen LogP contribution >= 0.6 is 11.7 Å². The van der Waals surface area contributed by atoms with Crippen LogP contribution in [-0.4, -0.2) is 37.6 Å². The molecule has 1 aliphatic rings. The molecule has 3 heterocycles. The van der Waals surface area contributed by atoms with E-state index in [4.69, 9.17) is 0 Å². The Balaban J connectivity index is 1.59. The van der Waals surface area contributed by atoms with Crippen molar-refractivity contribution in [2.45, 2.75) is 18.0 Å². The number of rotatable bonds is 2. The molecule has 0 N–H and O–H groups in total. The first kappa shape index (κ1) is 14.9. The molecule has 2 aromatic heterocycles. The van der Waals surface area contributed by atoms with E-state index in [9.17, 15) is 8.42 Å². The van der Waals surface area contributed by atoms with Crippen LogP contribution in [0.15, 0.2) is 47.4 Å². The molecule has 1 aliphatic heterocycles. The van der Waals surface area contributed by atoms with E-state index in [1.807, 2.05) is 24.3 Å². The number of imidazole rings is 1. The van der Waals surface area contributed by atoms with Gasteiger partial charge in [-0.15, -0.1) is 0 Å². The molecule has 5 rings (SSSR count). The van der Waals surface area contributed by atoms with E-state index in [0.717, 1.165) is 28.6 Å². The third-order valence-electron chi connectivity index (χ3n) is 4.49. The fourth-order valence-electron chi connectivity index (χ4n) is 3.28. The first-order valence-corrected chi connectivity index (χ1v) is 9.97. The zero-order valence-corrected chi connectivity index (χ0v) is 14.7. The third kappa shape index (κ3) is 2.20. The average molecular weight is 371 g/mol. The van der Waals surface area contributed by atoms with Gasteiger partial charge in [0.25, 0.3) is 0 Å². The molecule has 4 aromatic rings. The van der Waals surface area contributed by atoms with E-state index < -0.39 is 10.0 Å². The molecule has 0 unspecified atom stereocenters. The summed E-state index contributed by atoms with van der Waals surface area (Å²) < 4.78 is 38.2. The Morgan fingerprint density at radius 1 is 0.960 bits per heavy atom. The van der Waals surface area contributed by atoms with Gasteiger partial charge in [0.05, 0.1) is 29.3 Å². The average Bonchev–Trinajstić information content (AvgIpc) is 3.24. The van der Waals surface area contributed by atoms with Crippen molar-refractivity contribution in [3.8, 4) is 0 Å². The number of para-hydroxylation sites is 2. The monoisotopic (exact) mass is 371 g/mol. The highest BCUT2D eigenvalue weighted by molar-refractivity contribution is 7.89. The lowest BCUT2D eigenvalue weighted by Gasteiger charge is -2.27. The smallest absolute Gasteiger partial charge is 0.245 e. The molecular formula is C16H13N5O2S2. The molecule has 0 radical (unpaired) electrons. The lowest BCUT2D eigenvalue weighted by atomic mass is 10.3. The van der Waals surface area contributed by atoms with Crippen LogP contribution in [0.3, 0.4) is 0 Å². The topological polar surface area (TPSA) is 81.0 Å². The van der Waals surface area contributed by atoms with Crippen LogP contribution in [0.2, 0.25) is 0 Å². The summed E-state index contributed by atoms with van der Waals surface area (Å²) in [4.78, 5) is 4.81. The molecule has 0 saturated heterocycles. The Kier molecular flexibility index (Phi) is 3.18. The molecule has 126 valence electrons. The van der Waals surface area contributed by atoms with Crippen molar-refractivity contribution in [1.82, 2.24) is 22.6 Å². The predicted molar refractivity (Wildman–Crippen MR) is 94.7 cm³/mol. The molecule has 25 heavy (non-hydrogen) atoms. The first-order chi connectivity index (χ1) is 12.1. The van der Waals surface area contributed by atoms with Gasteiger partial charge < -0.3 is 4.57 Å². The second-order valence-corrected chi connectivity index (χ2v) is 8.33. The summed E-state index contributed by atoms with van der Waals surface area (Å²) in [6.07, 6.45) is 0. The number of sulfonamides is 1. The largest absolute Gasteiger partial charge is 0.326 e. The van der Waals surface area contributed by atoms with Gasteiger partial charge in [0.2, 0.25) is 10.0 Å². The second kappa shape index (κ2) is 5.32. The van der Waals surface area contributed by atoms with Crippen molar-refractivity contribution >= 4 is 43.8 Å². The summed E-state index contributed by atoms with van der Waals surface area (Å²) >= 11 is 1.02. The summed E-state index contributed by atoms with van der Waals surface area (Å²) in [6.45, 7) is 1.25. The van der Waals surface area contributed by atoms with Gasteiger partial charge in [-0.3, -0.25) is 0 Å². The van der Waals surface area contributed by atoms with Crippen LogP contribution < -0.4 is 0 Å². The highest BCUT2D eigenvalue weighted by atomic mass is 32.2. The van der Waals surface area contributed by atoms with Gasteiger partial charge in [0.15, 0.2) is 0 Å². The normalized spacial score (nSPS) is 15.7. The molecule has 0 bridgehead atoms. The van der Waals surface area contributed by atoms with Crippen molar-refractivity contribution in [2.24, 2.45) is 0 Å². The van der Waals surface area contributed by atoms with Crippen LogP contribution in [0, 0.1) is 0 Å². The Morgan fingerprint density at radius 2 is 1.80 bits per heavy atom. The molecule has 0 saturated carbocycles. The Labute approximate surface area is 147 Å². The Morgan fingerprint density at radius 3 is 2.72 bits per heavy atom. The highest BCUT2D eigenvalue weighted by Gasteiger charge is 2.31. The van der Waals surface area contributed by atoms with Crippen molar-refractivity contribution < 1.29 is 8.42 Å². The minimum atomic E-state index is -3.65. The Bertz CT molecular complexity index is 1210. The highest BCUT2D eigenvalue weighted by Crippen LogP contribution is 2.28. The van der Waals surface area contributed by atoms with Gasteiger partial charge >= 0.3 is 0 Å². The van der Waals surface area contributed by atoms with Gasteiger partial charge in [-0.25, -0.2) is 13.4 Å². The molecule has 0 amide bonds. The van der Waals surface area contributed by atoms with E-state index in [2.05, 4.69) is 18.3 Å². The molecule has 0 spiro atoms. The maximum atomic E-state index is 13.1. The Hall–Kier alpha value is -2.36. The van der Waals surface area contributed by atoms with Crippen molar-refractivity contribution in [2.75, 3.05) is 6.54 Å². The summed E-state index contributed by atoms with van der Waals surface area (Å²) in [5.41, 5.74) is 2.98. The van der Waals surface area contributed by atoms with Crippen LogP contribution in [0.4, 0.5) is 0 Å². The summed E-state index contributed by atoms with van der Waals surface area (Å²) in [5, 5.41) is 0. The number of hydrogen-bond donors (Lipinski definition) is 0. The molecule has 0 fully saturated rings. The van der Waals surface area contributed by atoms with Gasteiger partial charge in [-0.2, -0.15) is 13.1 Å². The molecule has 7 nitrogen and oxygen atoms in total. The van der Waals surface area contributed by atoms with Crippen LogP contribution in [-0.2, 0) is 23.1 Å². The molecular weight excluding hydrogens is 358 g/mol. The fourth-order valence-corrected chi connectivity index (χ4v) is 5.42. The van der Waals surface area contributed by atoms with E-state index in [1.165, 1.54) is 4.31 Å². The molecule has 0 atom stereocenters. The zero-order valence-electron chi connectivity index (χ0n) is 13.0. The number of hydrogen-bond acceptors (Lipinski definition) is 6. The zero-order chi connectivity index (χ0) is 17.0. The summed E-state index contributed by atoms with van der Waals surface area (Å²) in [6, 6.07) is 12.9. The van der Waals surface area contributed by atoms with Crippen LogP contribution in [0.25, 0.3) is 22.1 Å². The van der Waals surface area contributed by atoms with Crippen LogP contribution in [0.1, 0.15) is 5.82 Å². The maximum Gasteiger partial charge on any atom is 0.245 e. The lowest BCUT2D eigenvalue weighted by Crippen LogP contribution is -2.38. The SMILES string of the molecule is O=S(=O)(c1cccc2nsnc12)N1CCn2c(nc3ccccc32)C1. The minimum absolute atomic E-state index is 0.211. The van der Waals surface area contributed by atoms with Crippen molar-refractivity contribution in [3.05, 3.63) is 48.3 Å². The first-order valence-electron chi connectivity index (χ1n) is 7.80. The van der Waals surface area contributed by atoms with Gasteiger partial charge in [-0.05, 0) is 24.3 Å². The van der Waals surface area contributed by atoms with Crippen LogP contribution in [0.5, 0.6) is 0 Å². The van der Waals surface area contributed by atoms with Gasteiger partial charge in [0.1, 0.15) is 21.8 Å². The van der Waals surface area contributed by atoms with E-state index in [0.29, 0.717) is 24.1 Å². The number of nitrogens with zero attached hydrogens (tertiary/aromatic N) is 5. The van der Waals surface area contributed by atoms with E-state index in [-0.39, 0.29) is 11.4 Å². The standard InChI is InChI=1S/C16H13N5O2S2/c22-25(23,14-7-3-5-12-16(14)19-24-18-12)20-8-9-21-13-6-2-1-4-11(13)17-15(21)10-20/h1-7H,8-10H2. The van der Waals surface area contributed by atoms with Crippen molar-refractivity contribution in [3.63, 3.8) is 0 Å². The molecule has 0 aliphatic carbocycles. The van der Waals surface area contributed by atoms with Gasteiger partial charge in [0, 0.05) is 13.1 Å². The quantitative estimate of drug-likeness (QED) is 0.540. The summed E-state index contributed by atoms with van der Waals surface area (Å²) in [5.74, 6) is 0.764. The van der Waals surface area contributed by atoms with Crippen molar-refractivity contribution in [1.29, 1.82) is 0 Å².